The highest BCUT2D eigenvalue weighted by molar-refractivity contribution is 5.98. The first-order chi connectivity index (χ1) is 9.65. The second-order valence-electron chi connectivity index (χ2n) is 5.93. The molecule has 0 heterocycles. The molecule has 0 saturated heterocycles. The van der Waals surface area contributed by atoms with Gasteiger partial charge in [0.15, 0.2) is 0 Å². The Kier molecular flexibility index (Phi) is 5.32. The molecule has 1 aromatic carbocycles. The van der Waals surface area contributed by atoms with Gasteiger partial charge in [0.25, 0.3) is 0 Å². The van der Waals surface area contributed by atoms with Crippen LogP contribution in [0.4, 0.5) is 5.69 Å². The molecule has 0 radical (unpaired) electrons. The molecule has 21 heavy (non-hydrogen) atoms. The summed E-state index contributed by atoms with van der Waals surface area (Å²) in [7, 11) is 1.52. The van der Waals surface area contributed by atoms with Crippen LogP contribution in [0.25, 0.3) is 0 Å². The van der Waals surface area contributed by atoms with E-state index in [0.29, 0.717) is 11.4 Å². The summed E-state index contributed by atoms with van der Waals surface area (Å²) in [5.74, 6) is -0.561. The maximum atomic E-state index is 12.0. The number of carbonyl (C=O) groups is 2. The number of benzene rings is 1. The first-order valence-electron chi connectivity index (χ1n) is 6.68. The van der Waals surface area contributed by atoms with Gasteiger partial charge >= 0.3 is 0 Å². The van der Waals surface area contributed by atoms with E-state index in [1.54, 1.807) is 6.07 Å². The monoisotopic (exact) mass is 293 g/mol. The number of amides is 2. The minimum absolute atomic E-state index is 0.0684. The van der Waals surface area contributed by atoms with Crippen molar-refractivity contribution in [3.63, 3.8) is 0 Å². The van der Waals surface area contributed by atoms with Crippen molar-refractivity contribution >= 4 is 17.5 Å². The van der Waals surface area contributed by atoms with Gasteiger partial charge in [-0.1, -0.05) is 26.8 Å². The lowest BCUT2D eigenvalue weighted by Crippen LogP contribution is -2.39. The molecule has 5 N–H and O–H groups in total. The van der Waals surface area contributed by atoms with Crippen molar-refractivity contribution in [3.05, 3.63) is 23.8 Å². The molecule has 0 spiro atoms. The molecule has 0 aliphatic rings. The first kappa shape index (κ1) is 17.0. The van der Waals surface area contributed by atoms with E-state index in [2.05, 4.69) is 26.1 Å². The Morgan fingerprint density at radius 2 is 1.95 bits per heavy atom. The third-order valence-corrected chi connectivity index (χ3v) is 3.08. The van der Waals surface area contributed by atoms with E-state index in [1.165, 1.54) is 7.11 Å². The zero-order valence-corrected chi connectivity index (χ0v) is 12.9. The molecular weight excluding hydrogens is 270 g/mol. The van der Waals surface area contributed by atoms with Crippen molar-refractivity contribution in [2.75, 3.05) is 12.4 Å². The summed E-state index contributed by atoms with van der Waals surface area (Å²) in [6, 6.07) is 4.59. The quantitative estimate of drug-likeness (QED) is 0.756. The number of carbonyl (C=O) groups excluding carboxylic acids is 2. The van der Waals surface area contributed by atoms with Crippen LogP contribution in [0.3, 0.4) is 0 Å². The highest BCUT2D eigenvalue weighted by Gasteiger charge is 2.20. The van der Waals surface area contributed by atoms with Crippen LogP contribution in [0, 0.1) is 0 Å². The molecule has 6 nitrogen and oxygen atoms in total. The lowest BCUT2D eigenvalue weighted by molar-refractivity contribution is -0.123. The number of ether oxygens (including phenoxy) is 1. The Balaban J connectivity index is 3.00. The summed E-state index contributed by atoms with van der Waals surface area (Å²) >= 11 is 0. The number of rotatable bonds is 5. The van der Waals surface area contributed by atoms with Crippen LogP contribution in [0.5, 0.6) is 5.75 Å². The predicted octanol–water partition coefficient (Wildman–Crippen LogP) is 1.13. The summed E-state index contributed by atoms with van der Waals surface area (Å²) in [6.07, 6.45) is -0.201. The largest absolute Gasteiger partial charge is 0.495 e. The Labute approximate surface area is 124 Å². The maximum Gasteiger partial charge on any atom is 0.241 e. The number of hydrogen-bond acceptors (Lipinski definition) is 4. The summed E-state index contributed by atoms with van der Waals surface area (Å²) in [4.78, 5) is 22.8. The van der Waals surface area contributed by atoms with Gasteiger partial charge in [0, 0.05) is 0 Å². The smallest absolute Gasteiger partial charge is 0.241 e. The second kappa shape index (κ2) is 6.58. The van der Waals surface area contributed by atoms with Gasteiger partial charge in [-0.2, -0.15) is 0 Å². The van der Waals surface area contributed by atoms with Crippen LogP contribution in [-0.4, -0.2) is 25.0 Å². The predicted molar refractivity (Wildman–Crippen MR) is 82.1 cm³/mol. The summed E-state index contributed by atoms with van der Waals surface area (Å²) in [5, 5.41) is 2.68. The summed E-state index contributed by atoms with van der Waals surface area (Å²) in [5.41, 5.74) is 12.2. The molecule has 1 aromatic rings. The fourth-order valence-corrected chi connectivity index (χ4v) is 1.81. The van der Waals surface area contributed by atoms with E-state index in [9.17, 15) is 9.59 Å². The van der Waals surface area contributed by atoms with Gasteiger partial charge in [0.2, 0.25) is 11.8 Å². The maximum absolute atomic E-state index is 12.0. The van der Waals surface area contributed by atoms with Crippen LogP contribution < -0.4 is 21.5 Å². The molecule has 116 valence electrons. The average molecular weight is 293 g/mol. The third kappa shape index (κ3) is 4.75. The fourth-order valence-electron chi connectivity index (χ4n) is 1.81. The SMILES string of the molecule is COc1ccc(C(C)(C)C)cc1NC(=O)C(N)CC(N)=O. The fraction of sp³-hybridized carbons (Fsp3) is 0.467. The minimum Gasteiger partial charge on any atom is -0.495 e. The van der Waals surface area contributed by atoms with Gasteiger partial charge in [-0.15, -0.1) is 0 Å². The standard InChI is InChI=1S/C15H23N3O3/c1-15(2,3)9-5-6-12(21-4)11(7-9)18-14(20)10(16)8-13(17)19/h5-7,10H,8,16H2,1-4H3,(H2,17,19)(H,18,20). The van der Waals surface area contributed by atoms with Gasteiger partial charge in [0.1, 0.15) is 5.75 Å². The van der Waals surface area contributed by atoms with Crippen molar-refractivity contribution in [1.29, 1.82) is 0 Å². The van der Waals surface area contributed by atoms with Crippen molar-refractivity contribution in [3.8, 4) is 5.75 Å². The number of hydrogen-bond donors (Lipinski definition) is 3. The Morgan fingerprint density at radius 3 is 2.43 bits per heavy atom. The summed E-state index contributed by atoms with van der Waals surface area (Å²) in [6.45, 7) is 6.21. The average Bonchev–Trinajstić information content (AvgIpc) is 2.36. The van der Waals surface area contributed by atoms with Crippen molar-refractivity contribution in [2.24, 2.45) is 11.5 Å². The van der Waals surface area contributed by atoms with Crippen LogP contribution in [0.1, 0.15) is 32.8 Å². The van der Waals surface area contributed by atoms with E-state index in [0.717, 1.165) is 5.56 Å². The molecular formula is C15H23N3O3. The van der Waals surface area contributed by atoms with E-state index in [-0.39, 0.29) is 11.8 Å². The first-order valence-corrected chi connectivity index (χ1v) is 6.68. The van der Waals surface area contributed by atoms with Gasteiger partial charge in [-0.3, -0.25) is 9.59 Å². The molecule has 1 rings (SSSR count). The van der Waals surface area contributed by atoms with Crippen LogP contribution in [0.2, 0.25) is 0 Å². The minimum atomic E-state index is -0.981. The van der Waals surface area contributed by atoms with E-state index < -0.39 is 17.9 Å². The van der Waals surface area contributed by atoms with E-state index in [1.807, 2.05) is 12.1 Å². The zero-order valence-electron chi connectivity index (χ0n) is 12.9. The number of primary amides is 1. The topological polar surface area (TPSA) is 107 Å². The number of nitrogens with one attached hydrogen (secondary N) is 1. The van der Waals surface area contributed by atoms with Crippen LogP contribution in [0.15, 0.2) is 18.2 Å². The number of nitrogens with two attached hydrogens (primary N) is 2. The Morgan fingerprint density at radius 1 is 1.33 bits per heavy atom. The molecule has 0 aliphatic carbocycles. The van der Waals surface area contributed by atoms with Gasteiger partial charge < -0.3 is 21.5 Å². The Hall–Kier alpha value is -2.08. The van der Waals surface area contributed by atoms with Gasteiger partial charge in [-0.25, -0.2) is 0 Å². The molecule has 6 heteroatoms. The number of methoxy groups -OCH3 is 1. The van der Waals surface area contributed by atoms with Crippen molar-refractivity contribution < 1.29 is 14.3 Å². The highest BCUT2D eigenvalue weighted by Crippen LogP contribution is 2.31. The van der Waals surface area contributed by atoms with E-state index in [4.69, 9.17) is 16.2 Å². The third-order valence-electron chi connectivity index (χ3n) is 3.08. The molecule has 1 unspecified atom stereocenters. The Bertz CT molecular complexity index is 535. The normalized spacial score (nSPS) is 12.6. The number of anilines is 1. The molecule has 0 bridgehead atoms. The van der Waals surface area contributed by atoms with E-state index >= 15 is 0 Å². The van der Waals surface area contributed by atoms with Crippen molar-refractivity contribution in [1.82, 2.24) is 0 Å². The highest BCUT2D eigenvalue weighted by atomic mass is 16.5. The molecule has 2 amide bonds. The van der Waals surface area contributed by atoms with Gasteiger partial charge in [-0.05, 0) is 23.1 Å². The lowest BCUT2D eigenvalue weighted by atomic mass is 9.87. The van der Waals surface area contributed by atoms with Crippen LogP contribution >= 0.6 is 0 Å². The molecule has 0 aromatic heterocycles. The van der Waals surface area contributed by atoms with Crippen LogP contribution in [-0.2, 0) is 15.0 Å². The summed E-state index contributed by atoms with van der Waals surface area (Å²) < 4.78 is 5.23. The molecule has 0 saturated carbocycles. The molecule has 0 aliphatic heterocycles. The lowest BCUT2D eigenvalue weighted by Gasteiger charge is -2.21. The zero-order chi connectivity index (χ0) is 16.2. The van der Waals surface area contributed by atoms with Gasteiger partial charge in [0.05, 0.1) is 25.3 Å². The van der Waals surface area contributed by atoms with Crippen molar-refractivity contribution in [2.45, 2.75) is 38.6 Å². The second-order valence-corrected chi connectivity index (χ2v) is 5.93. The molecule has 0 fully saturated rings. The molecule has 1 atom stereocenters.